The van der Waals surface area contributed by atoms with E-state index in [1.807, 2.05) is 18.2 Å². The van der Waals surface area contributed by atoms with E-state index < -0.39 is 5.60 Å². The van der Waals surface area contributed by atoms with Crippen molar-refractivity contribution in [3.05, 3.63) is 29.8 Å². The van der Waals surface area contributed by atoms with Gasteiger partial charge in [0.2, 0.25) is 0 Å². The third-order valence-electron chi connectivity index (χ3n) is 3.50. The van der Waals surface area contributed by atoms with Crippen LogP contribution >= 0.6 is 0 Å². The highest BCUT2D eigenvalue weighted by molar-refractivity contribution is 5.29. The molecule has 0 heterocycles. The quantitative estimate of drug-likeness (QED) is 0.848. The van der Waals surface area contributed by atoms with Crippen LogP contribution in [0.4, 0.5) is 0 Å². The predicted molar refractivity (Wildman–Crippen MR) is 64.7 cm³/mol. The van der Waals surface area contributed by atoms with E-state index in [0.29, 0.717) is 5.92 Å². The second-order valence-electron chi connectivity index (χ2n) is 5.10. The maximum absolute atomic E-state index is 10.4. The number of hydrogen-bond donors (Lipinski definition) is 1. The Morgan fingerprint density at radius 1 is 1.50 bits per heavy atom. The van der Waals surface area contributed by atoms with E-state index >= 15 is 0 Å². The van der Waals surface area contributed by atoms with Crippen molar-refractivity contribution in [2.75, 3.05) is 7.11 Å². The zero-order valence-electron chi connectivity index (χ0n) is 10.1. The summed E-state index contributed by atoms with van der Waals surface area (Å²) in [5.41, 5.74) is 0.669. The van der Waals surface area contributed by atoms with Crippen LogP contribution in [-0.2, 0) is 6.42 Å². The lowest BCUT2D eigenvalue weighted by Crippen LogP contribution is -2.27. The van der Waals surface area contributed by atoms with Gasteiger partial charge < -0.3 is 9.84 Å². The second kappa shape index (κ2) is 4.46. The summed E-state index contributed by atoms with van der Waals surface area (Å²) in [6, 6.07) is 7.99. The highest BCUT2D eigenvalue weighted by Crippen LogP contribution is 2.36. The Morgan fingerprint density at radius 2 is 2.31 bits per heavy atom. The summed E-state index contributed by atoms with van der Waals surface area (Å²) in [6.07, 6.45) is 3.73. The van der Waals surface area contributed by atoms with Gasteiger partial charge in [-0.15, -0.1) is 0 Å². The number of methoxy groups -OCH3 is 1. The number of benzene rings is 1. The molecule has 2 nitrogen and oxygen atoms in total. The summed E-state index contributed by atoms with van der Waals surface area (Å²) >= 11 is 0. The third kappa shape index (κ3) is 2.56. The van der Waals surface area contributed by atoms with Crippen molar-refractivity contribution in [1.29, 1.82) is 0 Å². The molecule has 1 aromatic carbocycles. The maximum Gasteiger partial charge on any atom is 0.119 e. The van der Waals surface area contributed by atoms with Crippen LogP contribution < -0.4 is 4.74 Å². The maximum atomic E-state index is 10.4. The van der Waals surface area contributed by atoms with E-state index in [4.69, 9.17) is 4.74 Å². The summed E-state index contributed by atoms with van der Waals surface area (Å²) in [6.45, 7) is 2.21. The van der Waals surface area contributed by atoms with Gasteiger partial charge in [0.25, 0.3) is 0 Å². The lowest BCUT2D eigenvalue weighted by molar-refractivity contribution is 0.0446. The molecule has 2 rings (SSSR count). The molecule has 0 radical (unpaired) electrons. The lowest BCUT2D eigenvalue weighted by Gasteiger charge is -2.22. The minimum absolute atomic E-state index is 0.494. The van der Waals surface area contributed by atoms with Crippen LogP contribution in [0.3, 0.4) is 0 Å². The molecular weight excluding hydrogens is 200 g/mol. The first kappa shape index (κ1) is 11.5. The molecule has 1 aliphatic carbocycles. The van der Waals surface area contributed by atoms with Crippen LogP contribution in [0, 0.1) is 5.92 Å². The molecule has 1 saturated carbocycles. The summed E-state index contributed by atoms with van der Waals surface area (Å²) in [4.78, 5) is 0. The van der Waals surface area contributed by atoms with E-state index in [0.717, 1.165) is 37.0 Å². The Morgan fingerprint density at radius 3 is 2.94 bits per heavy atom. The first-order valence-corrected chi connectivity index (χ1v) is 5.97. The average molecular weight is 220 g/mol. The molecule has 2 unspecified atom stereocenters. The molecule has 0 aliphatic heterocycles. The molecule has 16 heavy (non-hydrogen) atoms. The van der Waals surface area contributed by atoms with Gasteiger partial charge in [0.15, 0.2) is 0 Å². The number of rotatable bonds is 3. The summed E-state index contributed by atoms with van der Waals surface area (Å²) < 4.78 is 5.19. The first-order chi connectivity index (χ1) is 7.61. The van der Waals surface area contributed by atoms with Crippen molar-refractivity contribution < 1.29 is 9.84 Å². The lowest BCUT2D eigenvalue weighted by atomic mass is 9.92. The summed E-state index contributed by atoms with van der Waals surface area (Å²) in [5.74, 6) is 1.52. The Bertz CT molecular complexity index is 362. The van der Waals surface area contributed by atoms with E-state index in [1.165, 1.54) is 0 Å². The van der Waals surface area contributed by atoms with Gasteiger partial charge in [0.1, 0.15) is 5.75 Å². The van der Waals surface area contributed by atoms with Crippen molar-refractivity contribution in [2.45, 2.75) is 38.2 Å². The fourth-order valence-electron chi connectivity index (χ4n) is 2.69. The first-order valence-electron chi connectivity index (χ1n) is 5.97. The van der Waals surface area contributed by atoms with E-state index in [-0.39, 0.29) is 0 Å². The van der Waals surface area contributed by atoms with Gasteiger partial charge in [-0.05, 0) is 42.9 Å². The smallest absolute Gasteiger partial charge is 0.119 e. The topological polar surface area (TPSA) is 29.5 Å². The molecule has 0 bridgehead atoms. The largest absolute Gasteiger partial charge is 0.497 e. The highest BCUT2D eigenvalue weighted by Gasteiger charge is 2.35. The van der Waals surface area contributed by atoms with Crippen LogP contribution in [0.1, 0.15) is 31.7 Å². The summed E-state index contributed by atoms with van der Waals surface area (Å²) in [5, 5.41) is 10.4. The average Bonchev–Trinajstić information content (AvgIpc) is 2.58. The molecule has 0 spiro atoms. The van der Waals surface area contributed by atoms with E-state index in [1.54, 1.807) is 7.11 Å². The molecule has 0 amide bonds. The van der Waals surface area contributed by atoms with Gasteiger partial charge >= 0.3 is 0 Å². The number of hydrogen-bond acceptors (Lipinski definition) is 2. The van der Waals surface area contributed by atoms with Crippen molar-refractivity contribution in [3.8, 4) is 5.75 Å². The Labute approximate surface area is 97.3 Å². The third-order valence-corrected chi connectivity index (χ3v) is 3.50. The molecule has 2 heteroatoms. The number of aliphatic hydroxyl groups is 1. The molecule has 1 N–H and O–H groups in total. The Balaban J connectivity index is 2.08. The van der Waals surface area contributed by atoms with Crippen molar-refractivity contribution in [2.24, 2.45) is 5.92 Å². The monoisotopic (exact) mass is 220 g/mol. The van der Waals surface area contributed by atoms with Gasteiger partial charge in [0, 0.05) is 6.42 Å². The van der Waals surface area contributed by atoms with Crippen LogP contribution in [0.15, 0.2) is 24.3 Å². The van der Waals surface area contributed by atoms with Crippen LogP contribution in [0.25, 0.3) is 0 Å². The molecule has 1 aliphatic rings. The van der Waals surface area contributed by atoms with E-state index in [9.17, 15) is 5.11 Å². The zero-order chi connectivity index (χ0) is 11.6. The second-order valence-corrected chi connectivity index (χ2v) is 5.10. The van der Waals surface area contributed by atoms with Crippen LogP contribution in [0.5, 0.6) is 5.75 Å². The molecule has 1 fully saturated rings. The van der Waals surface area contributed by atoms with Gasteiger partial charge in [0.05, 0.1) is 12.7 Å². The molecule has 2 atom stereocenters. The van der Waals surface area contributed by atoms with Crippen LogP contribution in [0.2, 0.25) is 0 Å². The van der Waals surface area contributed by atoms with Gasteiger partial charge in [-0.1, -0.05) is 19.1 Å². The fraction of sp³-hybridized carbons (Fsp3) is 0.571. The predicted octanol–water partition coefficient (Wildman–Crippen LogP) is 2.79. The van der Waals surface area contributed by atoms with Gasteiger partial charge in [-0.2, -0.15) is 0 Å². The molecular formula is C14H20O2. The normalized spacial score (nSPS) is 29.3. The van der Waals surface area contributed by atoms with Crippen molar-refractivity contribution in [1.82, 2.24) is 0 Å². The number of ether oxygens (including phenoxy) is 1. The molecule has 0 saturated heterocycles. The van der Waals surface area contributed by atoms with Crippen LogP contribution in [-0.4, -0.2) is 17.8 Å². The molecule has 88 valence electrons. The summed E-state index contributed by atoms with van der Waals surface area (Å²) in [7, 11) is 1.67. The highest BCUT2D eigenvalue weighted by atomic mass is 16.5. The minimum atomic E-state index is -0.494. The molecule has 1 aromatic rings. The minimum Gasteiger partial charge on any atom is -0.497 e. The Kier molecular flexibility index (Phi) is 3.20. The zero-order valence-corrected chi connectivity index (χ0v) is 10.1. The molecule has 0 aromatic heterocycles. The van der Waals surface area contributed by atoms with E-state index in [2.05, 4.69) is 13.0 Å². The van der Waals surface area contributed by atoms with Crippen molar-refractivity contribution >= 4 is 0 Å². The SMILES string of the molecule is COc1cccc(CC2(O)CCC(C)C2)c1. The van der Waals surface area contributed by atoms with Gasteiger partial charge in [-0.25, -0.2) is 0 Å². The fourth-order valence-corrected chi connectivity index (χ4v) is 2.69. The standard InChI is InChI=1S/C14H20O2/c1-11-6-7-14(15,9-11)10-12-4-3-5-13(8-12)16-2/h3-5,8,11,15H,6-7,9-10H2,1-2H3. The Hall–Kier alpha value is -1.02. The van der Waals surface area contributed by atoms with Crippen molar-refractivity contribution in [3.63, 3.8) is 0 Å². The van der Waals surface area contributed by atoms with Gasteiger partial charge in [-0.3, -0.25) is 0 Å².